The van der Waals surface area contributed by atoms with Crippen LogP contribution in [0.2, 0.25) is 0 Å². The Labute approximate surface area is 270 Å². The highest BCUT2D eigenvalue weighted by molar-refractivity contribution is 6.11. The summed E-state index contributed by atoms with van der Waals surface area (Å²) in [7, 11) is 0. The lowest BCUT2D eigenvalue weighted by atomic mass is 10.0. The molecule has 4 heterocycles. The Morgan fingerprint density at radius 2 is 1.15 bits per heavy atom. The fourth-order valence-corrected chi connectivity index (χ4v) is 7.61. The van der Waals surface area contributed by atoms with Crippen molar-refractivity contribution >= 4 is 65.6 Å². The van der Waals surface area contributed by atoms with Gasteiger partial charge in [-0.15, -0.1) is 0 Å². The van der Waals surface area contributed by atoms with Gasteiger partial charge in [-0.3, -0.25) is 4.98 Å². The van der Waals surface area contributed by atoms with Crippen LogP contribution in [-0.2, 0) is 6.42 Å². The van der Waals surface area contributed by atoms with Gasteiger partial charge in [-0.05, 0) is 96.8 Å². The number of hydrogen-bond acceptors (Lipinski definition) is 2. The molecule has 0 aliphatic carbocycles. The van der Waals surface area contributed by atoms with Gasteiger partial charge in [-0.25, -0.2) is 0 Å². The van der Waals surface area contributed by atoms with E-state index in [2.05, 4.69) is 148 Å². The third kappa shape index (κ3) is 3.91. The molecule has 0 N–H and O–H groups in total. The summed E-state index contributed by atoms with van der Waals surface area (Å²) in [5, 5.41) is 7.27. The fraction of sp³-hybridized carbons (Fsp3) is 0.0465. The maximum absolute atomic E-state index is 6.08. The SMILES string of the molecule is Cc1ccccc1-n1c2ccccc2c2cc(Cc3ccc4c(c3)c3ccccc3n4-c3ccc4oc5cnccc5c4c3)ccc21. The average Bonchev–Trinajstić information content (AvgIpc) is 3.76. The van der Waals surface area contributed by atoms with Crippen molar-refractivity contribution in [2.45, 2.75) is 13.3 Å². The molecule has 0 bridgehead atoms. The van der Waals surface area contributed by atoms with E-state index in [4.69, 9.17) is 4.42 Å². The van der Waals surface area contributed by atoms with Gasteiger partial charge in [0.2, 0.25) is 0 Å². The maximum atomic E-state index is 6.08. The molecule has 4 nitrogen and oxygen atoms in total. The Hall–Kier alpha value is -6.13. The van der Waals surface area contributed by atoms with Crippen LogP contribution in [-0.4, -0.2) is 14.1 Å². The van der Waals surface area contributed by atoms with Crippen molar-refractivity contribution in [3.8, 4) is 11.4 Å². The van der Waals surface area contributed by atoms with Gasteiger partial charge in [0.25, 0.3) is 0 Å². The molecule has 10 rings (SSSR count). The monoisotopic (exact) mass is 603 g/mol. The molecule has 0 saturated carbocycles. The summed E-state index contributed by atoms with van der Waals surface area (Å²) in [6, 6.07) is 48.5. The van der Waals surface area contributed by atoms with Gasteiger partial charge < -0.3 is 13.6 Å². The Morgan fingerprint density at radius 3 is 1.89 bits per heavy atom. The van der Waals surface area contributed by atoms with Crippen LogP contribution >= 0.6 is 0 Å². The molecular weight excluding hydrogens is 574 g/mol. The lowest BCUT2D eigenvalue weighted by Gasteiger charge is -2.11. The highest BCUT2D eigenvalue weighted by atomic mass is 16.3. The van der Waals surface area contributed by atoms with Crippen molar-refractivity contribution in [1.29, 1.82) is 0 Å². The first-order chi connectivity index (χ1) is 23.2. The topological polar surface area (TPSA) is 35.9 Å². The maximum Gasteiger partial charge on any atom is 0.153 e. The Bertz CT molecular complexity index is 2850. The number of hydrogen-bond donors (Lipinski definition) is 0. The summed E-state index contributed by atoms with van der Waals surface area (Å²) >= 11 is 0. The molecule has 0 aliphatic rings. The van der Waals surface area contributed by atoms with E-state index in [0.29, 0.717) is 0 Å². The van der Waals surface area contributed by atoms with Crippen molar-refractivity contribution in [3.05, 3.63) is 163 Å². The molecule has 6 aromatic carbocycles. The van der Waals surface area contributed by atoms with Gasteiger partial charge in [0.05, 0.1) is 28.3 Å². The minimum Gasteiger partial charge on any atom is -0.454 e. The van der Waals surface area contributed by atoms with Crippen molar-refractivity contribution < 1.29 is 4.42 Å². The Kier molecular flexibility index (Phi) is 5.52. The molecule has 0 saturated heterocycles. The van der Waals surface area contributed by atoms with Gasteiger partial charge in [-0.1, -0.05) is 66.7 Å². The van der Waals surface area contributed by atoms with Gasteiger partial charge in [0.1, 0.15) is 5.58 Å². The highest BCUT2D eigenvalue weighted by Gasteiger charge is 2.17. The fourth-order valence-electron chi connectivity index (χ4n) is 7.61. The molecule has 222 valence electrons. The normalized spacial score (nSPS) is 12.0. The molecule has 47 heavy (non-hydrogen) atoms. The van der Waals surface area contributed by atoms with E-state index in [0.717, 1.165) is 34.0 Å². The van der Waals surface area contributed by atoms with Crippen LogP contribution in [0.5, 0.6) is 0 Å². The second-order valence-corrected chi connectivity index (χ2v) is 12.5. The van der Waals surface area contributed by atoms with E-state index < -0.39 is 0 Å². The zero-order valence-electron chi connectivity index (χ0n) is 25.8. The van der Waals surface area contributed by atoms with Crippen LogP contribution in [0.15, 0.2) is 150 Å². The molecule has 0 unspecified atom stereocenters. The lowest BCUT2D eigenvalue weighted by molar-refractivity contribution is 0.667. The summed E-state index contributed by atoms with van der Waals surface area (Å²) < 4.78 is 10.9. The molecule has 10 aromatic rings. The Balaban J connectivity index is 1.10. The van der Waals surface area contributed by atoms with Crippen LogP contribution in [0, 0.1) is 6.92 Å². The van der Waals surface area contributed by atoms with E-state index in [1.54, 1.807) is 6.20 Å². The van der Waals surface area contributed by atoms with Crippen molar-refractivity contribution in [2.75, 3.05) is 0 Å². The molecule has 4 heteroatoms. The molecule has 0 radical (unpaired) electrons. The second-order valence-electron chi connectivity index (χ2n) is 12.5. The molecule has 0 spiro atoms. The number of benzene rings is 6. The average molecular weight is 604 g/mol. The van der Waals surface area contributed by atoms with E-state index in [-0.39, 0.29) is 0 Å². The predicted molar refractivity (Wildman–Crippen MR) is 194 cm³/mol. The predicted octanol–water partition coefficient (Wildman–Crippen LogP) is 11.1. The van der Waals surface area contributed by atoms with Crippen LogP contribution in [0.3, 0.4) is 0 Å². The quantitative estimate of drug-likeness (QED) is 0.201. The minimum absolute atomic E-state index is 0.810. The smallest absolute Gasteiger partial charge is 0.153 e. The van der Waals surface area contributed by atoms with Gasteiger partial charge >= 0.3 is 0 Å². The molecule has 0 fully saturated rings. The lowest BCUT2D eigenvalue weighted by Crippen LogP contribution is -1.96. The molecule has 0 amide bonds. The molecule has 4 aromatic heterocycles. The number of aromatic nitrogens is 3. The van der Waals surface area contributed by atoms with Crippen LogP contribution in [0.25, 0.3) is 76.9 Å². The van der Waals surface area contributed by atoms with E-state index >= 15 is 0 Å². The minimum atomic E-state index is 0.810. The zero-order valence-corrected chi connectivity index (χ0v) is 25.8. The first-order valence-electron chi connectivity index (χ1n) is 16.1. The van der Waals surface area contributed by atoms with E-state index in [1.807, 2.05) is 12.3 Å². The Morgan fingerprint density at radius 1 is 0.511 bits per heavy atom. The number of furan rings is 1. The third-order valence-corrected chi connectivity index (χ3v) is 9.75. The van der Waals surface area contributed by atoms with E-state index in [1.165, 1.54) is 66.0 Å². The van der Waals surface area contributed by atoms with Crippen molar-refractivity contribution in [3.63, 3.8) is 0 Å². The van der Waals surface area contributed by atoms with Gasteiger partial charge in [0.15, 0.2) is 5.58 Å². The number of aryl methyl sites for hydroxylation is 1. The summed E-state index contributed by atoms with van der Waals surface area (Å²) in [6.07, 6.45) is 4.47. The number of pyridine rings is 1. The number of para-hydroxylation sites is 3. The van der Waals surface area contributed by atoms with Crippen LogP contribution in [0.4, 0.5) is 0 Å². The summed E-state index contributed by atoms with van der Waals surface area (Å²) in [6.45, 7) is 2.19. The first kappa shape index (κ1) is 26.1. The largest absolute Gasteiger partial charge is 0.454 e. The summed E-state index contributed by atoms with van der Waals surface area (Å²) in [5.74, 6) is 0. The standard InChI is InChI=1S/C43H29N3O/c1-27-8-2-5-11-37(27)46-39-13-7-4-10-32(39)35-24-29(15-18-41(35)46)22-28-14-17-40-34(23-28)31-9-3-6-12-38(31)45(40)30-16-19-42-36(25-30)33-20-21-44-26-43(33)47-42/h2-21,23-26H,22H2,1H3. The molecule has 0 atom stereocenters. The number of nitrogens with zero attached hydrogens (tertiary/aromatic N) is 3. The van der Waals surface area contributed by atoms with Gasteiger partial charge in [-0.2, -0.15) is 0 Å². The van der Waals surface area contributed by atoms with Crippen LogP contribution < -0.4 is 0 Å². The molecular formula is C43H29N3O. The third-order valence-electron chi connectivity index (χ3n) is 9.75. The van der Waals surface area contributed by atoms with Crippen LogP contribution in [0.1, 0.15) is 16.7 Å². The number of fused-ring (bicyclic) bond motifs is 9. The first-order valence-corrected chi connectivity index (χ1v) is 16.1. The molecule has 0 aliphatic heterocycles. The van der Waals surface area contributed by atoms with Crippen molar-refractivity contribution in [2.24, 2.45) is 0 Å². The highest BCUT2D eigenvalue weighted by Crippen LogP contribution is 2.37. The zero-order chi connectivity index (χ0) is 31.1. The number of rotatable bonds is 4. The summed E-state index contributed by atoms with van der Waals surface area (Å²) in [5.41, 5.74) is 12.8. The van der Waals surface area contributed by atoms with E-state index in [9.17, 15) is 0 Å². The van der Waals surface area contributed by atoms with Crippen molar-refractivity contribution in [1.82, 2.24) is 14.1 Å². The summed E-state index contributed by atoms with van der Waals surface area (Å²) in [4.78, 5) is 4.25. The van der Waals surface area contributed by atoms with Gasteiger partial charge in [0, 0.05) is 49.9 Å². The second kappa shape index (κ2) is 9.93.